The second kappa shape index (κ2) is 5.24. The van der Waals surface area contributed by atoms with Crippen molar-refractivity contribution in [2.75, 3.05) is 0 Å². The molecule has 110 valence electrons. The van der Waals surface area contributed by atoms with Crippen LogP contribution in [0.5, 0.6) is 0 Å². The Bertz CT molecular complexity index is 983. The number of thiophene rings is 1. The van der Waals surface area contributed by atoms with Gasteiger partial charge in [-0.3, -0.25) is 0 Å². The summed E-state index contributed by atoms with van der Waals surface area (Å²) in [5, 5.41) is 2.35. The summed E-state index contributed by atoms with van der Waals surface area (Å²) in [6.45, 7) is 1.94. The van der Waals surface area contributed by atoms with Crippen molar-refractivity contribution >= 4 is 54.5 Å². The normalized spacial score (nSPS) is 13.2. The summed E-state index contributed by atoms with van der Waals surface area (Å²) in [7, 11) is -1.85. The Morgan fingerprint density at radius 2 is 2.10 bits per heavy atom. The fourth-order valence-electron chi connectivity index (χ4n) is 2.11. The lowest BCUT2D eigenvalue weighted by Gasteiger charge is -2.00. The summed E-state index contributed by atoms with van der Waals surface area (Å²) < 4.78 is 31.4. The molecule has 0 aliphatic heterocycles. The topological polar surface area (TPSA) is 51.4 Å². The highest BCUT2D eigenvalue weighted by molar-refractivity contribution is 7.92. The molecule has 4 nitrogen and oxygen atoms in total. The zero-order chi connectivity index (χ0) is 15.2. The molecule has 8 heteroatoms. The minimum atomic E-state index is -3.66. The summed E-state index contributed by atoms with van der Waals surface area (Å²) in [4.78, 5) is 0.434. The van der Waals surface area contributed by atoms with E-state index in [-0.39, 0.29) is 4.21 Å². The van der Waals surface area contributed by atoms with Crippen LogP contribution in [0.4, 0.5) is 0 Å². The number of fused-ring (bicyclic) bond motifs is 1. The van der Waals surface area contributed by atoms with Crippen LogP contribution in [0, 0.1) is 6.92 Å². The van der Waals surface area contributed by atoms with E-state index < -0.39 is 10.0 Å². The fourth-order valence-corrected chi connectivity index (χ4v) is 5.78. The van der Waals surface area contributed by atoms with E-state index >= 15 is 0 Å². The SMILES string of the molecule is Cc1cc(Cl)cc2sc(=NS(=O)(=O)c3cccs3)n(C)c12. The maximum Gasteiger partial charge on any atom is 0.294 e. The second-order valence-corrected chi connectivity index (χ2v) is 8.74. The number of aryl methyl sites for hydroxylation is 2. The Balaban J connectivity index is 2.29. The van der Waals surface area contributed by atoms with Crippen molar-refractivity contribution < 1.29 is 8.42 Å². The molecule has 3 aromatic rings. The van der Waals surface area contributed by atoms with Gasteiger partial charge in [-0.25, -0.2) is 0 Å². The summed E-state index contributed by atoms with van der Waals surface area (Å²) in [5.41, 5.74) is 1.94. The van der Waals surface area contributed by atoms with Gasteiger partial charge in [-0.05, 0) is 36.1 Å². The lowest BCUT2D eigenvalue weighted by molar-refractivity contribution is 0.598. The molecule has 21 heavy (non-hydrogen) atoms. The Morgan fingerprint density at radius 3 is 2.76 bits per heavy atom. The predicted molar refractivity (Wildman–Crippen MR) is 87.6 cm³/mol. The largest absolute Gasteiger partial charge is 0.319 e. The Labute approximate surface area is 135 Å². The van der Waals surface area contributed by atoms with Gasteiger partial charge in [0.1, 0.15) is 4.21 Å². The molecule has 0 atom stereocenters. The van der Waals surface area contributed by atoms with Crippen LogP contribution in [0.25, 0.3) is 10.2 Å². The first-order valence-corrected chi connectivity index (χ1v) is 9.50. The molecule has 0 aliphatic carbocycles. The number of nitrogens with zero attached hydrogens (tertiary/aromatic N) is 2. The molecule has 0 spiro atoms. The lowest BCUT2D eigenvalue weighted by Crippen LogP contribution is -2.13. The molecule has 3 rings (SSSR count). The van der Waals surface area contributed by atoms with Gasteiger partial charge in [-0.1, -0.05) is 29.0 Å². The third kappa shape index (κ3) is 2.66. The zero-order valence-electron chi connectivity index (χ0n) is 11.2. The minimum Gasteiger partial charge on any atom is -0.319 e. The van der Waals surface area contributed by atoms with Crippen molar-refractivity contribution in [3.8, 4) is 0 Å². The van der Waals surface area contributed by atoms with E-state index in [0.29, 0.717) is 9.82 Å². The molecule has 0 amide bonds. The van der Waals surface area contributed by atoms with Crippen LogP contribution in [0.1, 0.15) is 5.56 Å². The number of aromatic nitrogens is 1. The average Bonchev–Trinajstić information content (AvgIpc) is 2.98. The van der Waals surface area contributed by atoms with E-state index in [1.807, 2.05) is 26.1 Å². The molecule has 0 aliphatic rings. The number of sulfonamides is 1. The average molecular weight is 359 g/mol. The number of benzene rings is 1. The third-order valence-electron chi connectivity index (χ3n) is 3.00. The number of thiazole rings is 1. The van der Waals surface area contributed by atoms with Crippen LogP contribution in [-0.2, 0) is 17.1 Å². The molecule has 2 aromatic heterocycles. The van der Waals surface area contributed by atoms with Crippen molar-refractivity contribution in [1.29, 1.82) is 0 Å². The molecule has 0 unspecified atom stereocenters. The van der Waals surface area contributed by atoms with Gasteiger partial charge in [0.2, 0.25) is 4.80 Å². The van der Waals surface area contributed by atoms with E-state index in [1.165, 1.54) is 11.3 Å². The van der Waals surface area contributed by atoms with Gasteiger partial charge >= 0.3 is 0 Å². The monoisotopic (exact) mass is 358 g/mol. The summed E-state index contributed by atoms with van der Waals surface area (Å²) in [6, 6.07) is 6.93. The summed E-state index contributed by atoms with van der Waals surface area (Å²) in [5.74, 6) is 0. The van der Waals surface area contributed by atoms with Gasteiger partial charge in [-0.2, -0.15) is 8.42 Å². The van der Waals surface area contributed by atoms with Crippen LogP contribution in [0.2, 0.25) is 5.02 Å². The highest BCUT2D eigenvalue weighted by Crippen LogP contribution is 2.25. The van der Waals surface area contributed by atoms with E-state index in [0.717, 1.165) is 27.1 Å². The van der Waals surface area contributed by atoms with Crippen molar-refractivity contribution in [3.63, 3.8) is 0 Å². The molecule has 1 aromatic carbocycles. The Hall–Kier alpha value is -1.15. The van der Waals surface area contributed by atoms with Gasteiger partial charge in [0.05, 0.1) is 10.2 Å². The molecule has 0 N–H and O–H groups in total. The minimum absolute atomic E-state index is 0.245. The Morgan fingerprint density at radius 1 is 1.33 bits per heavy atom. The van der Waals surface area contributed by atoms with Crippen LogP contribution in [0.3, 0.4) is 0 Å². The Kier molecular flexibility index (Phi) is 3.69. The maximum atomic E-state index is 12.3. The van der Waals surface area contributed by atoms with Crippen molar-refractivity contribution in [1.82, 2.24) is 4.57 Å². The third-order valence-corrected chi connectivity index (χ3v) is 7.05. The highest BCUT2D eigenvalue weighted by atomic mass is 35.5. The van der Waals surface area contributed by atoms with E-state index in [4.69, 9.17) is 11.6 Å². The fraction of sp³-hybridized carbons (Fsp3) is 0.154. The van der Waals surface area contributed by atoms with Crippen molar-refractivity contribution in [2.24, 2.45) is 11.4 Å². The lowest BCUT2D eigenvalue weighted by atomic mass is 10.2. The summed E-state index contributed by atoms with van der Waals surface area (Å²) in [6.07, 6.45) is 0. The maximum absolute atomic E-state index is 12.3. The standard InChI is InChI=1S/C13H11ClN2O2S3/c1-8-6-9(14)7-10-12(8)16(2)13(20-10)15-21(17,18)11-4-3-5-19-11/h3-7H,1-2H3. The van der Waals surface area contributed by atoms with Crippen LogP contribution >= 0.6 is 34.3 Å². The van der Waals surface area contributed by atoms with Crippen LogP contribution in [-0.4, -0.2) is 13.0 Å². The van der Waals surface area contributed by atoms with Crippen LogP contribution < -0.4 is 4.80 Å². The van der Waals surface area contributed by atoms with Gasteiger partial charge in [0.15, 0.2) is 0 Å². The van der Waals surface area contributed by atoms with Gasteiger partial charge < -0.3 is 4.57 Å². The van der Waals surface area contributed by atoms with E-state index in [2.05, 4.69) is 4.40 Å². The first kappa shape index (κ1) is 14.8. The molecule has 0 bridgehead atoms. The number of rotatable bonds is 2. The number of hydrogen-bond donors (Lipinski definition) is 0. The molecule has 0 saturated carbocycles. The van der Waals surface area contributed by atoms with Gasteiger partial charge in [-0.15, -0.1) is 15.7 Å². The molecular weight excluding hydrogens is 348 g/mol. The predicted octanol–water partition coefficient (Wildman–Crippen LogP) is 3.55. The van der Waals surface area contributed by atoms with Crippen molar-refractivity contribution in [3.05, 3.63) is 45.0 Å². The zero-order valence-corrected chi connectivity index (χ0v) is 14.4. The quantitative estimate of drug-likeness (QED) is 0.703. The van der Waals surface area contributed by atoms with Crippen molar-refractivity contribution in [2.45, 2.75) is 11.1 Å². The summed E-state index contributed by atoms with van der Waals surface area (Å²) >= 11 is 8.52. The molecule has 0 radical (unpaired) electrons. The molecule has 0 fully saturated rings. The van der Waals surface area contributed by atoms with Crippen LogP contribution in [0.15, 0.2) is 38.3 Å². The molecule has 2 heterocycles. The number of hydrogen-bond acceptors (Lipinski definition) is 4. The first-order valence-electron chi connectivity index (χ1n) is 5.99. The second-order valence-electron chi connectivity index (χ2n) is 4.51. The van der Waals surface area contributed by atoms with Gasteiger partial charge in [0.25, 0.3) is 10.0 Å². The first-order chi connectivity index (χ1) is 9.88. The van der Waals surface area contributed by atoms with E-state index in [1.54, 1.807) is 22.1 Å². The molecule has 0 saturated heterocycles. The molecular formula is C13H11ClN2O2S3. The number of halogens is 1. The highest BCUT2D eigenvalue weighted by Gasteiger charge is 2.15. The van der Waals surface area contributed by atoms with Gasteiger partial charge in [0, 0.05) is 12.1 Å². The smallest absolute Gasteiger partial charge is 0.294 e. The van der Waals surface area contributed by atoms with E-state index in [9.17, 15) is 8.42 Å².